The van der Waals surface area contributed by atoms with E-state index in [0.29, 0.717) is 10.6 Å². The zero-order valence-corrected chi connectivity index (χ0v) is 13.3. The van der Waals surface area contributed by atoms with Crippen LogP contribution in [0.4, 0.5) is 0 Å². The molecule has 1 aliphatic heterocycles. The van der Waals surface area contributed by atoms with Gasteiger partial charge in [-0.3, -0.25) is 4.79 Å². The van der Waals surface area contributed by atoms with E-state index in [1.807, 2.05) is 0 Å². The van der Waals surface area contributed by atoms with Crippen molar-refractivity contribution < 1.29 is 29.6 Å². The van der Waals surface area contributed by atoms with Crippen LogP contribution < -0.4 is 5.32 Å². The fourth-order valence-electron chi connectivity index (χ4n) is 2.40. The van der Waals surface area contributed by atoms with Crippen LogP contribution >= 0.6 is 11.6 Å². The highest BCUT2D eigenvalue weighted by molar-refractivity contribution is 6.31. The minimum Gasteiger partial charge on any atom is -0.394 e. The molecular weight excluding hydrogens is 326 g/mol. The number of hydrogen-bond acceptors (Lipinski definition) is 6. The van der Waals surface area contributed by atoms with Gasteiger partial charge in [-0.15, -0.1) is 0 Å². The van der Waals surface area contributed by atoms with E-state index in [9.17, 15) is 20.1 Å². The van der Waals surface area contributed by atoms with Crippen LogP contribution in [-0.4, -0.2) is 58.5 Å². The number of aliphatic hydroxyl groups excluding tert-OH is 3. The van der Waals surface area contributed by atoms with Gasteiger partial charge in [0, 0.05) is 11.9 Å². The summed E-state index contributed by atoms with van der Waals surface area (Å²) in [4.78, 5) is 11.3. The molecule has 1 saturated heterocycles. The second kappa shape index (κ2) is 8.05. The van der Waals surface area contributed by atoms with Gasteiger partial charge in [0.05, 0.1) is 13.2 Å². The van der Waals surface area contributed by atoms with Gasteiger partial charge < -0.3 is 30.1 Å². The lowest BCUT2D eigenvalue weighted by Crippen LogP contribution is -2.64. The van der Waals surface area contributed by atoms with Gasteiger partial charge in [0.25, 0.3) is 0 Å². The predicted molar refractivity (Wildman–Crippen MR) is 81.6 cm³/mol. The topological polar surface area (TPSA) is 108 Å². The first-order valence-corrected chi connectivity index (χ1v) is 7.56. The highest BCUT2D eigenvalue weighted by atomic mass is 35.5. The number of benzene rings is 1. The van der Waals surface area contributed by atoms with E-state index in [0.717, 1.165) is 0 Å². The van der Waals surface area contributed by atoms with E-state index in [1.165, 1.54) is 6.92 Å². The van der Waals surface area contributed by atoms with Crippen LogP contribution in [-0.2, 0) is 20.9 Å². The number of hydrogen-bond donors (Lipinski definition) is 4. The number of carbonyl (C=O) groups is 1. The Balaban J connectivity index is 2.11. The lowest BCUT2D eigenvalue weighted by Gasteiger charge is -2.42. The largest absolute Gasteiger partial charge is 0.394 e. The molecule has 0 saturated carbocycles. The molecule has 0 spiro atoms. The number of halogens is 1. The Morgan fingerprint density at radius 2 is 2.04 bits per heavy atom. The average molecular weight is 346 g/mol. The van der Waals surface area contributed by atoms with Gasteiger partial charge >= 0.3 is 0 Å². The van der Waals surface area contributed by atoms with Crippen LogP contribution in [0.3, 0.4) is 0 Å². The lowest BCUT2D eigenvalue weighted by atomic mass is 9.97. The zero-order chi connectivity index (χ0) is 17.0. The Hall–Kier alpha value is -1.22. The Morgan fingerprint density at radius 3 is 2.65 bits per heavy atom. The number of amides is 1. The molecule has 5 atom stereocenters. The number of ether oxygens (including phenoxy) is 2. The molecule has 1 aromatic rings. The van der Waals surface area contributed by atoms with Crippen LogP contribution in [0.5, 0.6) is 0 Å². The van der Waals surface area contributed by atoms with Crippen LogP contribution in [0, 0.1) is 0 Å². The fraction of sp³-hybridized carbons (Fsp3) is 0.533. The monoisotopic (exact) mass is 345 g/mol. The predicted octanol–water partition coefficient (Wildman–Crippen LogP) is -0.200. The number of carbonyl (C=O) groups excluding carboxylic acids is 1. The minimum absolute atomic E-state index is 0.0847. The van der Waals surface area contributed by atoms with Crippen LogP contribution in [0.1, 0.15) is 12.5 Å². The first-order chi connectivity index (χ1) is 10.9. The van der Waals surface area contributed by atoms with Gasteiger partial charge in [0.1, 0.15) is 24.4 Å². The maximum absolute atomic E-state index is 11.3. The molecule has 0 aliphatic carbocycles. The molecular formula is C15H20ClNO6. The van der Waals surface area contributed by atoms with Gasteiger partial charge in [-0.05, 0) is 11.6 Å². The molecule has 1 amide bonds. The summed E-state index contributed by atoms with van der Waals surface area (Å²) in [5.74, 6) is -0.404. The summed E-state index contributed by atoms with van der Waals surface area (Å²) in [7, 11) is 0. The molecule has 1 aliphatic rings. The Bertz CT molecular complexity index is 542. The van der Waals surface area contributed by atoms with Crippen molar-refractivity contribution in [3.63, 3.8) is 0 Å². The summed E-state index contributed by atoms with van der Waals surface area (Å²) in [5.41, 5.74) is 0.709. The van der Waals surface area contributed by atoms with Crippen molar-refractivity contribution in [3.05, 3.63) is 34.9 Å². The molecule has 2 rings (SSSR count). The van der Waals surface area contributed by atoms with Gasteiger partial charge in [-0.1, -0.05) is 29.8 Å². The third-order valence-electron chi connectivity index (χ3n) is 3.61. The third kappa shape index (κ3) is 4.41. The van der Waals surface area contributed by atoms with Gasteiger partial charge in [-0.25, -0.2) is 0 Å². The van der Waals surface area contributed by atoms with Crippen molar-refractivity contribution in [1.82, 2.24) is 5.32 Å². The molecule has 1 fully saturated rings. The number of rotatable bonds is 5. The van der Waals surface area contributed by atoms with Gasteiger partial charge in [0.2, 0.25) is 5.91 Å². The number of nitrogens with one attached hydrogen (secondary N) is 1. The summed E-state index contributed by atoms with van der Waals surface area (Å²) >= 11 is 6.05. The van der Waals surface area contributed by atoms with Crippen LogP contribution in [0.2, 0.25) is 5.02 Å². The normalized spacial score (nSPS) is 30.9. The van der Waals surface area contributed by atoms with E-state index in [4.69, 9.17) is 21.1 Å². The lowest BCUT2D eigenvalue weighted by molar-refractivity contribution is -0.273. The molecule has 128 valence electrons. The maximum Gasteiger partial charge on any atom is 0.217 e. The molecule has 1 heterocycles. The van der Waals surface area contributed by atoms with E-state index >= 15 is 0 Å². The van der Waals surface area contributed by atoms with Crippen molar-refractivity contribution >= 4 is 17.5 Å². The molecule has 0 radical (unpaired) electrons. The van der Waals surface area contributed by atoms with E-state index in [-0.39, 0.29) is 6.61 Å². The molecule has 23 heavy (non-hydrogen) atoms. The summed E-state index contributed by atoms with van der Waals surface area (Å²) in [6.45, 7) is 0.876. The third-order valence-corrected chi connectivity index (χ3v) is 3.98. The standard InChI is InChI=1S/C15H20ClNO6/c1-8(19)17-12-14(21)13(20)11(6-18)23-15(12)22-7-9-4-2-3-5-10(9)16/h2-5,11-15,18,20-21H,6-7H2,1H3,(H,17,19)/t11-,12-,13+,14+,15-/m0/s1. The van der Waals surface area contributed by atoms with Crippen molar-refractivity contribution in [2.75, 3.05) is 6.61 Å². The van der Waals surface area contributed by atoms with E-state index in [2.05, 4.69) is 5.32 Å². The Morgan fingerprint density at radius 1 is 1.35 bits per heavy atom. The van der Waals surface area contributed by atoms with Crippen molar-refractivity contribution in [1.29, 1.82) is 0 Å². The Labute approximate surface area is 138 Å². The summed E-state index contributed by atoms with van der Waals surface area (Å²) in [6.07, 6.45) is -4.71. The molecule has 0 bridgehead atoms. The highest BCUT2D eigenvalue weighted by Crippen LogP contribution is 2.24. The van der Waals surface area contributed by atoms with Crippen LogP contribution in [0.25, 0.3) is 0 Å². The molecule has 8 heteroatoms. The van der Waals surface area contributed by atoms with Crippen LogP contribution in [0.15, 0.2) is 24.3 Å². The van der Waals surface area contributed by atoms with Crippen molar-refractivity contribution in [2.24, 2.45) is 0 Å². The van der Waals surface area contributed by atoms with Crippen molar-refractivity contribution in [3.8, 4) is 0 Å². The van der Waals surface area contributed by atoms with E-state index < -0.39 is 43.2 Å². The molecule has 0 unspecified atom stereocenters. The average Bonchev–Trinajstić information content (AvgIpc) is 2.52. The smallest absolute Gasteiger partial charge is 0.217 e. The highest BCUT2D eigenvalue weighted by Gasteiger charge is 2.45. The van der Waals surface area contributed by atoms with Gasteiger partial charge in [-0.2, -0.15) is 0 Å². The molecule has 4 N–H and O–H groups in total. The van der Waals surface area contributed by atoms with Gasteiger partial charge in [0.15, 0.2) is 6.29 Å². The second-order valence-corrected chi connectivity index (χ2v) is 5.74. The number of aliphatic hydroxyl groups is 3. The zero-order valence-electron chi connectivity index (χ0n) is 12.6. The maximum atomic E-state index is 11.3. The van der Waals surface area contributed by atoms with E-state index in [1.54, 1.807) is 24.3 Å². The van der Waals surface area contributed by atoms with Crippen molar-refractivity contribution in [2.45, 2.75) is 44.2 Å². The Kier molecular flexibility index (Phi) is 6.34. The first kappa shape index (κ1) is 18.1. The summed E-state index contributed by atoms with van der Waals surface area (Å²) in [6, 6.07) is 6.10. The summed E-state index contributed by atoms with van der Waals surface area (Å²) < 4.78 is 11.1. The second-order valence-electron chi connectivity index (χ2n) is 5.34. The first-order valence-electron chi connectivity index (χ1n) is 7.18. The molecule has 0 aromatic heterocycles. The quantitative estimate of drug-likeness (QED) is 0.588. The summed E-state index contributed by atoms with van der Waals surface area (Å²) in [5, 5.41) is 32.3. The molecule has 1 aromatic carbocycles. The minimum atomic E-state index is -1.34. The fourth-order valence-corrected chi connectivity index (χ4v) is 2.59. The SMILES string of the molecule is CC(=O)N[C@@H]1[C@@H](OCc2ccccc2Cl)O[C@@H](CO)[C@@H](O)[C@@H]1O. The molecule has 7 nitrogen and oxygen atoms in total.